The molecule has 0 atom stereocenters. The van der Waals surface area contributed by atoms with Gasteiger partial charge in [-0.25, -0.2) is 8.42 Å². The summed E-state index contributed by atoms with van der Waals surface area (Å²) in [5.41, 5.74) is 9.10. The van der Waals surface area contributed by atoms with Crippen LogP contribution in [0.25, 0.3) is 10.4 Å². The van der Waals surface area contributed by atoms with Crippen LogP contribution in [-0.4, -0.2) is 22.6 Å². The smallest absolute Gasteiger partial charge is 0.265 e. The lowest BCUT2D eigenvalue weighted by Gasteiger charge is -2.14. The van der Waals surface area contributed by atoms with Gasteiger partial charge < -0.3 is 9.47 Å². The first-order chi connectivity index (χ1) is 11.0. The Labute approximate surface area is 133 Å². The van der Waals surface area contributed by atoms with E-state index in [1.165, 1.54) is 26.4 Å². The highest BCUT2D eigenvalue weighted by molar-refractivity contribution is 7.92. The highest BCUT2D eigenvalue weighted by atomic mass is 32.2. The minimum atomic E-state index is -3.91. The minimum Gasteiger partial charge on any atom is -0.496 e. The number of hydrogen-bond donors (Lipinski definition) is 1. The molecule has 23 heavy (non-hydrogen) atoms. The molecule has 2 aromatic carbocycles. The Morgan fingerprint density at radius 1 is 1.09 bits per heavy atom. The predicted octanol–water partition coefficient (Wildman–Crippen LogP) is 3.45. The van der Waals surface area contributed by atoms with Crippen LogP contribution in [0.3, 0.4) is 0 Å². The summed E-state index contributed by atoms with van der Waals surface area (Å²) in [6, 6.07) is 11.0. The van der Waals surface area contributed by atoms with E-state index < -0.39 is 10.0 Å². The molecule has 0 aliphatic rings. The van der Waals surface area contributed by atoms with Crippen molar-refractivity contribution >= 4 is 21.4 Å². The van der Waals surface area contributed by atoms with E-state index in [0.717, 1.165) is 0 Å². The molecule has 0 bridgehead atoms. The number of ether oxygens (including phenoxy) is 2. The Hall–Kier alpha value is -2.90. The Morgan fingerprint density at radius 3 is 2.30 bits per heavy atom. The van der Waals surface area contributed by atoms with Gasteiger partial charge in [0, 0.05) is 16.7 Å². The molecule has 0 heterocycles. The van der Waals surface area contributed by atoms with E-state index in [2.05, 4.69) is 14.7 Å². The second-order valence-corrected chi connectivity index (χ2v) is 5.99. The maximum Gasteiger partial charge on any atom is 0.265 e. The van der Waals surface area contributed by atoms with Gasteiger partial charge in [-0.2, -0.15) is 0 Å². The number of rotatable bonds is 6. The van der Waals surface area contributed by atoms with Crippen LogP contribution in [-0.2, 0) is 10.0 Å². The van der Waals surface area contributed by atoms with Crippen LogP contribution < -0.4 is 14.2 Å². The fourth-order valence-corrected chi connectivity index (χ4v) is 3.13. The van der Waals surface area contributed by atoms with Crippen LogP contribution in [0.4, 0.5) is 11.4 Å². The lowest BCUT2D eigenvalue weighted by Crippen LogP contribution is -2.14. The van der Waals surface area contributed by atoms with Crippen molar-refractivity contribution in [3.63, 3.8) is 0 Å². The van der Waals surface area contributed by atoms with Crippen molar-refractivity contribution in [3.05, 3.63) is 52.9 Å². The maximum atomic E-state index is 12.6. The van der Waals surface area contributed by atoms with Gasteiger partial charge in [-0.1, -0.05) is 23.3 Å². The van der Waals surface area contributed by atoms with E-state index in [0.29, 0.717) is 5.69 Å². The molecule has 0 aromatic heterocycles. The van der Waals surface area contributed by atoms with E-state index in [9.17, 15) is 8.42 Å². The van der Waals surface area contributed by atoms with Gasteiger partial charge in [0.2, 0.25) is 0 Å². The lowest BCUT2D eigenvalue weighted by molar-refractivity contribution is 0.393. The fourth-order valence-electron chi connectivity index (χ4n) is 1.91. The number of hydrogen-bond acceptors (Lipinski definition) is 5. The quantitative estimate of drug-likeness (QED) is 0.495. The van der Waals surface area contributed by atoms with Crippen molar-refractivity contribution in [3.8, 4) is 11.5 Å². The van der Waals surface area contributed by atoms with Crippen LogP contribution in [0, 0.1) is 0 Å². The summed E-state index contributed by atoms with van der Waals surface area (Å²) >= 11 is 0. The van der Waals surface area contributed by atoms with E-state index in [4.69, 9.17) is 15.0 Å². The van der Waals surface area contributed by atoms with E-state index in [1.54, 1.807) is 30.3 Å². The third-order valence-corrected chi connectivity index (χ3v) is 4.34. The van der Waals surface area contributed by atoms with Crippen molar-refractivity contribution < 1.29 is 17.9 Å². The molecule has 8 nitrogen and oxygen atoms in total. The molecule has 2 rings (SSSR count). The zero-order chi connectivity index (χ0) is 16.9. The van der Waals surface area contributed by atoms with E-state index >= 15 is 0 Å². The third-order valence-electron chi connectivity index (χ3n) is 2.93. The molecule has 0 saturated carbocycles. The number of para-hydroxylation sites is 1. The molecule has 120 valence electrons. The van der Waals surface area contributed by atoms with Gasteiger partial charge in [0.25, 0.3) is 10.0 Å². The van der Waals surface area contributed by atoms with Crippen molar-refractivity contribution in [2.24, 2.45) is 5.11 Å². The molecule has 2 aromatic rings. The zero-order valence-electron chi connectivity index (χ0n) is 12.4. The van der Waals surface area contributed by atoms with Gasteiger partial charge in [-0.05, 0) is 23.7 Å². The Bertz CT molecular complexity index is 847. The molecular weight excluding hydrogens is 320 g/mol. The second kappa shape index (κ2) is 6.91. The third kappa shape index (κ3) is 3.65. The van der Waals surface area contributed by atoms with Crippen LogP contribution in [0.1, 0.15) is 0 Å². The molecule has 0 spiro atoms. The SMILES string of the molecule is COc1cc(S(=O)(=O)Nc2ccccc2)c(OC)cc1N=[N+]=[N-]. The number of sulfonamides is 1. The summed E-state index contributed by atoms with van der Waals surface area (Å²) in [6.45, 7) is 0. The monoisotopic (exact) mass is 334 g/mol. The zero-order valence-corrected chi connectivity index (χ0v) is 13.2. The molecule has 0 saturated heterocycles. The van der Waals surface area contributed by atoms with Crippen LogP contribution in [0.15, 0.2) is 52.5 Å². The molecule has 0 fully saturated rings. The van der Waals surface area contributed by atoms with E-state index in [-0.39, 0.29) is 22.1 Å². The highest BCUT2D eigenvalue weighted by Crippen LogP contribution is 2.37. The first kappa shape index (κ1) is 16.5. The molecule has 0 unspecified atom stereocenters. The van der Waals surface area contributed by atoms with Crippen LogP contribution >= 0.6 is 0 Å². The second-order valence-electron chi connectivity index (χ2n) is 4.34. The highest BCUT2D eigenvalue weighted by Gasteiger charge is 2.22. The lowest BCUT2D eigenvalue weighted by atomic mass is 10.3. The van der Waals surface area contributed by atoms with Gasteiger partial charge in [0.05, 0.1) is 19.9 Å². The fraction of sp³-hybridized carbons (Fsp3) is 0.143. The summed E-state index contributed by atoms with van der Waals surface area (Å²) in [7, 11) is -1.24. The predicted molar refractivity (Wildman–Crippen MR) is 85.6 cm³/mol. The molecular formula is C14H14N4O4S. The summed E-state index contributed by atoms with van der Waals surface area (Å²) < 4.78 is 37.8. The average Bonchev–Trinajstić information content (AvgIpc) is 2.55. The van der Waals surface area contributed by atoms with Gasteiger partial charge >= 0.3 is 0 Å². The maximum absolute atomic E-state index is 12.6. The van der Waals surface area contributed by atoms with Gasteiger partial charge in [0.1, 0.15) is 16.4 Å². The van der Waals surface area contributed by atoms with E-state index in [1.807, 2.05) is 0 Å². The number of azide groups is 1. The van der Waals surface area contributed by atoms with Gasteiger partial charge in [-0.3, -0.25) is 4.72 Å². The van der Waals surface area contributed by atoms with Crippen molar-refractivity contribution in [2.45, 2.75) is 4.90 Å². The average molecular weight is 334 g/mol. The van der Waals surface area contributed by atoms with Crippen LogP contribution in [0.2, 0.25) is 0 Å². The Morgan fingerprint density at radius 2 is 1.74 bits per heavy atom. The molecule has 0 radical (unpaired) electrons. The van der Waals surface area contributed by atoms with Crippen molar-refractivity contribution in [1.82, 2.24) is 0 Å². The molecule has 0 aliphatic carbocycles. The number of methoxy groups -OCH3 is 2. The molecule has 0 amide bonds. The van der Waals surface area contributed by atoms with Crippen LogP contribution in [0.5, 0.6) is 11.5 Å². The summed E-state index contributed by atoms with van der Waals surface area (Å²) in [5.74, 6) is 0.161. The summed E-state index contributed by atoms with van der Waals surface area (Å²) in [5, 5.41) is 3.45. The molecule has 9 heteroatoms. The number of anilines is 1. The molecule has 1 N–H and O–H groups in total. The van der Waals surface area contributed by atoms with Gasteiger partial charge in [-0.15, -0.1) is 0 Å². The van der Waals surface area contributed by atoms with Crippen molar-refractivity contribution in [1.29, 1.82) is 0 Å². The first-order valence-corrected chi connectivity index (χ1v) is 7.89. The summed E-state index contributed by atoms with van der Waals surface area (Å²) in [4.78, 5) is 2.55. The number of nitrogens with one attached hydrogen (secondary N) is 1. The normalized spacial score (nSPS) is 10.5. The standard InChI is InChI=1S/C14H14N4O4S/c1-21-12-9-14(13(22-2)8-11(12)16-18-15)23(19,20)17-10-6-4-3-5-7-10/h3-9,17H,1-2H3. The molecule has 0 aliphatic heterocycles. The topological polar surface area (TPSA) is 113 Å². The minimum absolute atomic E-state index is 0.0385. The Kier molecular flexibility index (Phi) is 4.95. The largest absolute Gasteiger partial charge is 0.496 e. The van der Waals surface area contributed by atoms with Gasteiger partial charge in [0.15, 0.2) is 0 Å². The number of nitrogens with zero attached hydrogens (tertiary/aromatic N) is 3. The van der Waals surface area contributed by atoms with Crippen molar-refractivity contribution in [2.75, 3.05) is 18.9 Å². The number of benzene rings is 2. The Balaban J connectivity index is 2.54. The summed E-state index contributed by atoms with van der Waals surface area (Å²) in [6.07, 6.45) is 0. The first-order valence-electron chi connectivity index (χ1n) is 6.41.